The Hall–Kier alpha value is -1.63. The van der Waals surface area contributed by atoms with Crippen LogP contribution < -0.4 is 11.2 Å². The molecule has 0 spiro atoms. The van der Waals surface area contributed by atoms with E-state index in [9.17, 15) is 0 Å². The first-order chi connectivity index (χ1) is 6.77. The summed E-state index contributed by atoms with van der Waals surface area (Å²) in [6.07, 6.45) is 0. The van der Waals surface area contributed by atoms with E-state index in [1.165, 1.54) is 15.2 Å². The highest BCUT2D eigenvalue weighted by Gasteiger charge is 2.02. The number of nitrogen functional groups attached to an aromatic ring is 1. The molecule has 0 amide bonds. The van der Waals surface area contributed by atoms with Gasteiger partial charge in [-0.3, -0.25) is 5.43 Å². The van der Waals surface area contributed by atoms with Crippen LogP contribution in [0.2, 0.25) is 0 Å². The van der Waals surface area contributed by atoms with Crippen molar-refractivity contribution in [1.82, 2.24) is 20.3 Å². The number of hydrogen-bond donors (Lipinski definition) is 2. The number of hydrogen-bond acceptors (Lipinski definition) is 6. The SMILES string of the molecule is Cc1ccsc1CNn1nnnc1N. The van der Waals surface area contributed by atoms with Crippen LogP contribution in [-0.4, -0.2) is 20.3 Å². The van der Waals surface area contributed by atoms with Crippen LogP contribution in [0, 0.1) is 6.92 Å². The van der Waals surface area contributed by atoms with Crippen molar-refractivity contribution in [2.24, 2.45) is 0 Å². The Morgan fingerprint density at radius 1 is 1.64 bits per heavy atom. The van der Waals surface area contributed by atoms with Crippen LogP contribution in [0.25, 0.3) is 0 Å². The Kier molecular flexibility index (Phi) is 2.32. The van der Waals surface area contributed by atoms with Gasteiger partial charge in [-0.1, -0.05) is 5.10 Å². The van der Waals surface area contributed by atoms with Gasteiger partial charge in [0, 0.05) is 4.88 Å². The molecule has 14 heavy (non-hydrogen) atoms. The lowest BCUT2D eigenvalue weighted by Gasteiger charge is -2.04. The largest absolute Gasteiger partial charge is 0.365 e. The van der Waals surface area contributed by atoms with Gasteiger partial charge in [0.2, 0.25) is 0 Å². The maximum absolute atomic E-state index is 5.49. The fourth-order valence-electron chi connectivity index (χ4n) is 1.04. The van der Waals surface area contributed by atoms with E-state index >= 15 is 0 Å². The van der Waals surface area contributed by atoms with Crippen LogP contribution >= 0.6 is 11.3 Å². The normalized spacial score (nSPS) is 10.4. The zero-order chi connectivity index (χ0) is 9.97. The first-order valence-corrected chi connectivity index (χ1v) is 4.96. The van der Waals surface area contributed by atoms with Gasteiger partial charge in [-0.25, -0.2) is 0 Å². The summed E-state index contributed by atoms with van der Waals surface area (Å²) in [6.45, 7) is 2.75. The van der Waals surface area contributed by atoms with E-state index < -0.39 is 0 Å². The molecule has 7 heteroatoms. The topological polar surface area (TPSA) is 81.7 Å². The monoisotopic (exact) mass is 210 g/mol. The molecule has 0 saturated heterocycles. The van der Waals surface area contributed by atoms with Gasteiger partial charge in [-0.05, 0) is 34.4 Å². The molecule has 2 rings (SSSR count). The lowest BCUT2D eigenvalue weighted by molar-refractivity contribution is 0.695. The molecule has 0 radical (unpaired) electrons. The second-order valence-corrected chi connectivity index (χ2v) is 3.81. The smallest absolute Gasteiger partial charge is 0.260 e. The third kappa shape index (κ3) is 1.67. The Bertz CT molecular complexity index is 379. The third-order valence-corrected chi connectivity index (χ3v) is 2.87. The van der Waals surface area contributed by atoms with Gasteiger partial charge < -0.3 is 5.73 Å². The van der Waals surface area contributed by atoms with Gasteiger partial charge in [0.1, 0.15) is 0 Å². The summed E-state index contributed by atoms with van der Waals surface area (Å²) in [5.74, 6) is 0.263. The second-order valence-electron chi connectivity index (χ2n) is 2.81. The fourth-order valence-corrected chi connectivity index (χ4v) is 1.88. The average molecular weight is 210 g/mol. The fraction of sp³-hybridized carbons (Fsp3) is 0.286. The molecule has 6 nitrogen and oxygen atoms in total. The van der Waals surface area contributed by atoms with E-state index in [4.69, 9.17) is 5.73 Å². The average Bonchev–Trinajstić information content (AvgIpc) is 2.72. The molecule has 0 fully saturated rings. The van der Waals surface area contributed by atoms with Crippen molar-refractivity contribution < 1.29 is 0 Å². The van der Waals surface area contributed by atoms with Crippen LogP contribution in [0.4, 0.5) is 5.95 Å². The van der Waals surface area contributed by atoms with Crippen LogP contribution in [0.1, 0.15) is 10.4 Å². The van der Waals surface area contributed by atoms with Crippen molar-refractivity contribution in [3.63, 3.8) is 0 Å². The number of nitrogens with one attached hydrogen (secondary N) is 1. The summed E-state index contributed by atoms with van der Waals surface area (Å²) in [5.41, 5.74) is 9.75. The Balaban J connectivity index is 2.02. The predicted octanol–water partition coefficient (Wildman–Crippen LogP) is 0.369. The summed E-state index contributed by atoms with van der Waals surface area (Å²) >= 11 is 1.69. The van der Waals surface area contributed by atoms with E-state index in [-0.39, 0.29) is 5.95 Å². The van der Waals surface area contributed by atoms with Gasteiger partial charge in [0.05, 0.1) is 6.54 Å². The molecular formula is C7H10N6S. The molecule has 74 valence electrons. The first kappa shape index (κ1) is 8.95. The quantitative estimate of drug-likeness (QED) is 0.764. The molecule has 0 atom stereocenters. The number of rotatable bonds is 3. The lowest BCUT2D eigenvalue weighted by Crippen LogP contribution is -2.18. The maximum Gasteiger partial charge on any atom is 0.260 e. The summed E-state index contributed by atoms with van der Waals surface area (Å²) in [6, 6.07) is 2.07. The molecule has 2 aromatic heterocycles. The maximum atomic E-state index is 5.49. The van der Waals surface area contributed by atoms with Crippen LogP contribution in [0.5, 0.6) is 0 Å². The molecule has 0 bridgehead atoms. The van der Waals surface area contributed by atoms with Crippen molar-refractivity contribution in [3.05, 3.63) is 21.9 Å². The molecule has 0 aromatic carbocycles. The van der Waals surface area contributed by atoms with Gasteiger partial charge in [0.15, 0.2) is 0 Å². The summed E-state index contributed by atoms with van der Waals surface area (Å²) in [5, 5.41) is 12.7. The minimum Gasteiger partial charge on any atom is -0.365 e. The van der Waals surface area contributed by atoms with Crippen LogP contribution in [0.15, 0.2) is 11.4 Å². The van der Waals surface area contributed by atoms with Gasteiger partial charge >= 0.3 is 0 Å². The number of nitrogens with two attached hydrogens (primary N) is 1. The molecule has 0 aliphatic heterocycles. The minimum atomic E-state index is 0.263. The molecule has 2 heterocycles. The minimum absolute atomic E-state index is 0.263. The van der Waals surface area contributed by atoms with Crippen LogP contribution in [-0.2, 0) is 6.54 Å². The van der Waals surface area contributed by atoms with E-state index in [0.717, 1.165) is 0 Å². The zero-order valence-corrected chi connectivity index (χ0v) is 8.45. The Morgan fingerprint density at radius 3 is 3.07 bits per heavy atom. The van der Waals surface area contributed by atoms with Crippen molar-refractivity contribution in [2.45, 2.75) is 13.5 Å². The zero-order valence-electron chi connectivity index (χ0n) is 7.64. The number of tetrazole rings is 1. The summed E-state index contributed by atoms with van der Waals surface area (Å²) < 4.78 is 0. The molecule has 3 N–H and O–H groups in total. The Labute approximate surface area is 84.7 Å². The van der Waals surface area contributed by atoms with Crippen molar-refractivity contribution in [3.8, 4) is 0 Å². The van der Waals surface area contributed by atoms with Crippen molar-refractivity contribution >= 4 is 17.3 Å². The molecule has 2 aromatic rings. The van der Waals surface area contributed by atoms with Gasteiger partial charge in [-0.15, -0.1) is 16.1 Å². The molecule has 0 unspecified atom stereocenters. The standard InChI is InChI=1S/C7H10N6S/c1-5-2-3-14-6(5)4-9-13-7(8)10-11-12-13/h2-3,9H,4H2,1H3,(H2,8,10,12). The number of nitrogens with zero attached hydrogens (tertiary/aromatic N) is 4. The van der Waals surface area contributed by atoms with E-state index in [2.05, 4.69) is 39.3 Å². The number of anilines is 1. The van der Waals surface area contributed by atoms with Crippen molar-refractivity contribution in [2.75, 3.05) is 11.2 Å². The van der Waals surface area contributed by atoms with E-state index in [0.29, 0.717) is 6.54 Å². The Morgan fingerprint density at radius 2 is 2.50 bits per heavy atom. The summed E-state index contributed by atoms with van der Waals surface area (Å²) in [7, 11) is 0. The molecular weight excluding hydrogens is 200 g/mol. The first-order valence-electron chi connectivity index (χ1n) is 4.08. The van der Waals surface area contributed by atoms with Crippen LogP contribution in [0.3, 0.4) is 0 Å². The number of aromatic nitrogens is 4. The number of aryl methyl sites for hydroxylation is 1. The second kappa shape index (κ2) is 3.62. The van der Waals surface area contributed by atoms with Gasteiger partial charge in [0.25, 0.3) is 5.95 Å². The molecule has 0 saturated carbocycles. The number of thiophene rings is 1. The van der Waals surface area contributed by atoms with E-state index in [1.807, 2.05) is 0 Å². The van der Waals surface area contributed by atoms with Crippen molar-refractivity contribution in [1.29, 1.82) is 0 Å². The molecule has 0 aliphatic carbocycles. The third-order valence-electron chi connectivity index (χ3n) is 1.85. The van der Waals surface area contributed by atoms with Gasteiger partial charge in [-0.2, -0.15) is 0 Å². The lowest BCUT2D eigenvalue weighted by atomic mass is 10.3. The van der Waals surface area contributed by atoms with E-state index in [1.54, 1.807) is 11.3 Å². The molecule has 0 aliphatic rings. The highest BCUT2D eigenvalue weighted by atomic mass is 32.1. The predicted molar refractivity (Wildman–Crippen MR) is 54.4 cm³/mol. The highest BCUT2D eigenvalue weighted by Crippen LogP contribution is 2.15. The summed E-state index contributed by atoms with van der Waals surface area (Å²) in [4.78, 5) is 2.61. The highest BCUT2D eigenvalue weighted by molar-refractivity contribution is 7.10.